The standard InChI is InChI=1S/C34H41ClFN7O4/c1-33(44)16-43(12-13-46-17-33)30-26-29(39-32(40-30)47-18-34-9-4-6-23(34)42(2)11-5-10-34)27(36)28(38-31(26)45-3)25-20-15-37-41-22(20)14-21(35)24(25)19-7-8-19/h14-15,19,23,44H,4-13,16-18H2,1-3H3,(H,37,41)/t23-,33+,34-/m1/s1. The van der Waals surface area contributed by atoms with E-state index in [4.69, 9.17) is 40.8 Å². The lowest BCUT2D eigenvalue weighted by atomic mass is 9.76. The van der Waals surface area contributed by atoms with Crippen molar-refractivity contribution in [2.24, 2.45) is 5.41 Å². The second-order valence-electron chi connectivity index (χ2n) is 14.2. The SMILES string of the molecule is COc1nc(-c2c(C3CC3)c(Cl)cc3[nH]ncc23)c(F)c2nc(OC[C@]34CCC[C@H]3N(C)CCC4)nc(N3CCOC[C@@](C)(O)C3)c12. The Kier molecular flexibility index (Phi) is 7.70. The van der Waals surface area contributed by atoms with E-state index in [-0.39, 0.29) is 47.6 Å². The van der Waals surface area contributed by atoms with Gasteiger partial charge in [-0.25, -0.2) is 9.37 Å². The third kappa shape index (κ3) is 5.37. The molecule has 4 aromatic rings. The first kappa shape index (κ1) is 31.0. The molecule has 2 saturated heterocycles. The number of ether oxygens (including phenoxy) is 3. The number of aromatic amines is 1. The lowest BCUT2D eigenvalue weighted by Gasteiger charge is -2.44. The van der Waals surface area contributed by atoms with Crippen LogP contribution in [0.2, 0.25) is 5.02 Å². The van der Waals surface area contributed by atoms with Gasteiger partial charge in [-0.2, -0.15) is 15.1 Å². The third-order valence-electron chi connectivity index (χ3n) is 10.7. The molecule has 0 amide bonds. The molecule has 0 unspecified atom stereocenters. The fourth-order valence-corrected chi connectivity index (χ4v) is 8.74. The largest absolute Gasteiger partial charge is 0.480 e. The van der Waals surface area contributed by atoms with Gasteiger partial charge in [0.1, 0.15) is 28.0 Å². The number of pyridine rings is 1. The second-order valence-corrected chi connectivity index (χ2v) is 14.6. The number of benzene rings is 1. The molecule has 2 aliphatic carbocycles. The zero-order valence-corrected chi connectivity index (χ0v) is 27.9. The van der Waals surface area contributed by atoms with E-state index in [9.17, 15) is 5.11 Å². The smallest absolute Gasteiger partial charge is 0.319 e. The van der Waals surface area contributed by atoms with Crippen molar-refractivity contribution in [1.82, 2.24) is 30.0 Å². The first-order chi connectivity index (χ1) is 22.7. The normalized spacial score (nSPS) is 26.9. The number of nitrogens with zero attached hydrogens (tertiary/aromatic N) is 6. The number of likely N-dealkylation sites (tertiary alicyclic amines) is 1. The van der Waals surface area contributed by atoms with E-state index >= 15 is 4.39 Å². The minimum atomic E-state index is -1.16. The highest BCUT2D eigenvalue weighted by Gasteiger charge is 2.47. The number of halogens is 2. The van der Waals surface area contributed by atoms with Crippen molar-refractivity contribution in [3.8, 4) is 23.1 Å². The molecule has 0 spiro atoms. The van der Waals surface area contributed by atoms with Gasteiger partial charge in [0.15, 0.2) is 5.82 Å². The Morgan fingerprint density at radius 3 is 2.81 bits per heavy atom. The Bertz CT molecular complexity index is 1850. The number of β-amino-alcohol motifs (C(OH)–C–C–N with tert-alkyl or cyclic N) is 1. The van der Waals surface area contributed by atoms with Crippen LogP contribution in [0.25, 0.3) is 33.1 Å². The molecule has 3 atom stereocenters. The van der Waals surface area contributed by atoms with Crippen LogP contribution < -0.4 is 14.4 Å². The van der Waals surface area contributed by atoms with Crippen LogP contribution in [0.5, 0.6) is 11.9 Å². The molecule has 3 aromatic heterocycles. The summed E-state index contributed by atoms with van der Waals surface area (Å²) in [6.45, 7) is 4.39. The van der Waals surface area contributed by atoms with Crippen molar-refractivity contribution in [2.45, 2.75) is 69.4 Å². The van der Waals surface area contributed by atoms with Crippen molar-refractivity contribution in [2.75, 3.05) is 58.5 Å². The number of piperidine rings is 1. The van der Waals surface area contributed by atoms with Gasteiger partial charge in [-0.1, -0.05) is 18.0 Å². The molecule has 11 nitrogen and oxygen atoms in total. The van der Waals surface area contributed by atoms with E-state index in [2.05, 4.69) is 22.1 Å². The molecule has 4 fully saturated rings. The molecule has 1 aromatic carbocycles. The monoisotopic (exact) mass is 665 g/mol. The predicted octanol–water partition coefficient (Wildman–Crippen LogP) is 5.48. The molecule has 0 bridgehead atoms. The van der Waals surface area contributed by atoms with Gasteiger partial charge >= 0.3 is 6.01 Å². The average molecular weight is 666 g/mol. The molecule has 2 aliphatic heterocycles. The molecule has 0 radical (unpaired) electrons. The Balaban J connectivity index is 1.32. The maximum absolute atomic E-state index is 17.3. The minimum absolute atomic E-state index is 0.00191. The number of nitrogens with one attached hydrogen (secondary N) is 1. The second kappa shape index (κ2) is 11.7. The first-order valence-electron chi connectivity index (χ1n) is 16.7. The van der Waals surface area contributed by atoms with E-state index in [1.807, 2.05) is 11.0 Å². The van der Waals surface area contributed by atoms with Gasteiger partial charge in [0, 0.05) is 34.0 Å². The number of H-pyrrole nitrogens is 1. The molecule has 250 valence electrons. The van der Waals surface area contributed by atoms with E-state index in [0.717, 1.165) is 62.4 Å². The number of hydrogen-bond donors (Lipinski definition) is 2. The highest BCUT2D eigenvalue weighted by Crippen LogP contribution is 2.51. The van der Waals surface area contributed by atoms with Crippen LogP contribution in [0.15, 0.2) is 12.3 Å². The molecule has 8 rings (SSSR count). The molecule has 5 heterocycles. The minimum Gasteiger partial charge on any atom is -0.480 e. The van der Waals surface area contributed by atoms with Crippen LogP contribution in [0.1, 0.15) is 63.4 Å². The summed E-state index contributed by atoms with van der Waals surface area (Å²) >= 11 is 6.84. The van der Waals surface area contributed by atoms with E-state index in [1.54, 1.807) is 13.1 Å². The van der Waals surface area contributed by atoms with E-state index in [1.165, 1.54) is 7.11 Å². The summed E-state index contributed by atoms with van der Waals surface area (Å²) < 4.78 is 35.4. The van der Waals surface area contributed by atoms with Crippen LogP contribution in [0.3, 0.4) is 0 Å². The summed E-state index contributed by atoms with van der Waals surface area (Å²) in [5.41, 5.74) is 1.10. The van der Waals surface area contributed by atoms with Gasteiger partial charge in [0.25, 0.3) is 0 Å². The number of aliphatic hydroxyl groups is 1. The van der Waals surface area contributed by atoms with Crippen molar-refractivity contribution in [3.63, 3.8) is 0 Å². The van der Waals surface area contributed by atoms with Crippen molar-refractivity contribution >= 4 is 39.2 Å². The van der Waals surface area contributed by atoms with E-state index in [0.29, 0.717) is 53.1 Å². The Hall–Kier alpha value is -3.32. The molecule has 2 N–H and O–H groups in total. The van der Waals surface area contributed by atoms with Crippen LogP contribution >= 0.6 is 11.6 Å². The van der Waals surface area contributed by atoms with Crippen molar-refractivity contribution in [3.05, 3.63) is 28.7 Å². The summed E-state index contributed by atoms with van der Waals surface area (Å²) in [5.74, 6) is 0.137. The molecular formula is C34H41ClFN7O4. The Morgan fingerprint density at radius 1 is 1.17 bits per heavy atom. The predicted molar refractivity (Wildman–Crippen MR) is 177 cm³/mol. The van der Waals surface area contributed by atoms with Crippen LogP contribution in [-0.2, 0) is 4.74 Å². The zero-order chi connectivity index (χ0) is 32.5. The first-order valence-corrected chi connectivity index (χ1v) is 17.0. The highest BCUT2D eigenvalue weighted by atomic mass is 35.5. The van der Waals surface area contributed by atoms with Gasteiger partial charge in [-0.3, -0.25) is 5.10 Å². The molecule has 4 aliphatic rings. The molecule has 2 saturated carbocycles. The number of anilines is 1. The summed E-state index contributed by atoms with van der Waals surface area (Å²) in [7, 11) is 3.70. The fourth-order valence-electron chi connectivity index (χ4n) is 8.38. The van der Waals surface area contributed by atoms with Crippen LogP contribution in [-0.4, -0.2) is 100 Å². The highest BCUT2D eigenvalue weighted by molar-refractivity contribution is 6.33. The quantitative estimate of drug-likeness (QED) is 0.263. The topological polar surface area (TPSA) is 122 Å². The Labute approximate surface area is 277 Å². The van der Waals surface area contributed by atoms with Crippen molar-refractivity contribution < 1.29 is 23.7 Å². The maximum atomic E-state index is 17.3. The van der Waals surface area contributed by atoms with Gasteiger partial charge in [-0.05, 0) is 76.6 Å². The van der Waals surface area contributed by atoms with Crippen LogP contribution in [0.4, 0.5) is 10.2 Å². The number of rotatable bonds is 7. The maximum Gasteiger partial charge on any atom is 0.319 e. The summed E-state index contributed by atoms with van der Waals surface area (Å²) in [5, 5.41) is 19.9. The van der Waals surface area contributed by atoms with Gasteiger partial charge in [-0.15, -0.1) is 0 Å². The summed E-state index contributed by atoms with van der Waals surface area (Å²) in [6, 6.07) is 2.36. The van der Waals surface area contributed by atoms with Crippen LogP contribution in [0, 0.1) is 11.2 Å². The number of hydrogen-bond acceptors (Lipinski definition) is 10. The zero-order valence-electron chi connectivity index (χ0n) is 27.1. The van der Waals surface area contributed by atoms with Gasteiger partial charge < -0.3 is 29.1 Å². The van der Waals surface area contributed by atoms with E-state index < -0.39 is 11.4 Å². The fraction of sp³-hybridized carbons (Fsp3) is 0.588. The van der Waals surface area contributed by atoms with Crippen molar-refractivity contribution in [1.29, 1.82) is 0 Å². The van der Waals surface area contributed by atoms with Gasteiger partial charge in [0.2, 0.25) is 5.88 Å². The third-order valence-corrected chi connectivity index (χ3v) is 11.0. The molecular weight excluding hydrogens is 625 g/mol. The molecule has 13 heteroatoms. The summed E-state index contributed by atoms with van der Waals surface area (Å²) in [4.78, 5) is 18.8. The number of methoxy groups -OCH3 is 1. The summed E-state index contributed by atoms with van der Waals surface area (Å²) in [6.07, 6.45) is 9.14. The number of fused-ring (bicyclic) bond motifs is 3. The Morgan fingerprint density at radius 2 is 2.00 bits per heavy atom. The lowest BCUT2D eigenvalue weighted by molar-refractivity contribution is -0.0123. The molecule has 47 heavy (non-hydrogen) atoms. The van der Waals surface area contributed by atoms with Gasteiger partial charge in [0.05, 0.1) is 45.2 Å². The lowest BCUT2D eigenvalue weighted by Crippen LogP contribution is -2.50. The average Bonchev–Trinajstić information content (AvgIpc) is 3.67. The number of aromatic nitrogens is 5.